The van der Waals surface area contributed by atoms with Gasteiger partial charge in [0, 0.05) is 0 Å². The van der Waals surface area contributed by atoms with Gasteiger partial charge < -0.3 is 14.3 Å². The molecular weight excluding hydrogens is 334 g/mol. The summed E-state index contributed by atoms with van der Waals surface area (Å²) in [6.45, 7) is 17.3. The molecule has 0 aromatic heterocycles. The van der Waals surface area contributed by atoms with Crippen LogP contribution in [0.3, 0.4) is 0 Å². The van der Waals surface area contributed by atoms with E-state index in [9.17, 15) is 9.90 Å². The highest BCUT2D eigenvalue weighted by atomic mass is 28.4. The average Bonchev–Trinajstić information content (AvgIpc) is 2.94. The highest BCUT2D eigenvalue weighted by Gasteiger charge is 2.63. The van der Waals surface area contributed by atoms with Gasteiger partial charge in [-0.3, -0.25) is 4.90 Å². The van der Waals surface area contributed by atoms with Crippen LogP contribution < -0.4 is 0 Å². The second-order valence-electron chi connectivity index (χ2n) is 10.5. The van der Waals surface area contributed by atoms with Crippen LogP contribution in [-0.4, -0.2) is 54.3 Å². The number of aliphatic hydroxyl groups is 1. The average molecular weight is 372 g/mol. The molecule has 2 saturated heterocycles. The molecule has 0 radical (unpaired) electrons. The van der Waals surface area contributed by atoms with Crippen molar-refractivity contribution in [3.63, 3.8) is 0 Å². The minimum absolute atomic E-state index is 0.00587. The van der Waals surface area contributed by atoms with Gasteiger partial charge in [0.25, 0.3) is 0 Å². The van der Waals surface area contributed by atoms with Crippen LogP contribution >= 0.6 is 0 Å². The van der Waals surface area contributed by atoms with Gasteiger partial charge in [0.1, 0.15) is 5.60 Å². The summed E-state index contributed by atoms with van der Waals surface area (Å²) in [7, 11) is -1.90. The first-order valence-corrected chi connectivity index (χ1v) is 12.4. The van der Waals surface area contributed by atoms with Crippen LogP contribution in [0.15, 0.2) is 0 Å². The van der Waals surface area contributed by atoms with E-state index in [1.165, 1.54) is 0 Å². The third-order valence-electron chi connectivity index (χ3n) is 6.44. The van der Waals surface area contributed by atoms with E-state index in [4.69, 9.17) is 9.16 Å². The molecule has 1 N–H and O–H groups in total. The number of carbonyl (C=O) groups is 1. The molecule has 0 spiro atoms. The Morgan fingerprint density at radius 1 is 1.04 bits per heavy atom. The van der Waals surface area contributed by atoms with Gasteiger partial charge in [-0.15, -0.1) is 0 Å². The Bertz CT molecular complexity index is 510. The summed E-state index contributed by atoms with van der Waals surface area (Å²) in [6.07, 6.45) is 3.09. The molecule has 2 bridgehead atoms. The monoisotopic (exact) mass is 371 g/mol. The van der Waals surface area contributed by atoms with Gasteiger partial charge in [-0.1, -0.05) is 20.8 Å². The topological polar surface area (TPSA) is 59.0 Å². The van der Waals surface area contributed by atoms with Crippen molar-refractivity contribution in [2.45, 2.75) is 102 Å². The lowest BCUT2D eigenvalue weighted by Gasteiger charge is -2.43. The molecule has 2 aliphatic heterocycles. The minimum atomic E-state index is -1.90. The molecule has 0 saturated carbocycles. The molecule has 2 heterocycles. The molecule has 0 aromatic rings. The van der Waals surface area contributed by atoms with E-state index >= 15 is 0 Å². The maximum absolute atomic E-state index is 13.0. The van der Waals surface area contributed by atoms with Crippen LogP contribution in [0, 0.1) is 0 Å². The Balaban J connectivity index is 2.24. The number of rotatable bonds is 4. The fourth-order valence-corrected chi connectivity index (χ4v) is 4.86. The van der Waals surface area contributed by atoms with Crippen molar-refractivity contribution >= 4 is 14.4 Å². The van der Waals surface area contributed by atoms with E-state index in [1.54, 1.807) is 0 Å². The Kier molecular flexibility index (Phi) is 5.17. The van der Waals surface area contributed by atoms with E-state index in [-0.39, 0.29) is 23.3 Å². The zero-order valence-corrected chi connectivity index (χ0v) is 18.4. The number of ether oxygens (including phenoxy) is 1. The molecule has 0 unspecified atom stereocenters. The number of aliphatic hydroxyl groups excluding tert-OH is 1. The van der Waals surface area contributed by atoms with Gasteiger partial charge in [0.15, 0.2) is 8.32 Å². The quantitative estimate of drug-likeness (QED) is 0.748. The predicted octanol–water partition coefficient (Wildman–Crippen LogP) is 4.30. The molecule has 0 atom stereocenters. The summed E-state index contributed by atoms with van der Waals surface area (Å²) < 4.78 is 12.2. The summed E-state index contributed by atoms with van der Waals surface area (Å²) >= 11 is 0. The van der Waals surface area contributed by atoms with E-state index in [2.05, 4.69) is 33.9 Å². The minimum Gasteiger partial charge on any atom is -0.444 e. The van der Waals surface area contributed by atoms with Crippen molar-refractivity contribution in [1.82, 2.24) is 4.90 Å². The maximum atomic E-state index is 13.0. The highest BCUT2D eigenvalue weighted by Crippen LogP contribution is 2.54. The smallest absolute Gasteiger partial charge is 0.411 e. The molecule has 6 heteroatoms. The Morgan fingerprint density at radius 3 is 1.92 bits per heavy atom. The molecule has 0 aromatic carbocycles. The lowest BCUT2D eigenvalue weighted by molar-refractivity contribution is -0.0223. The lowest BCUT2D eigenvalue weighted by Crippen LogP contribution is -2.57. The normalized spacial score (nSPS) is 30.0. The molecule has 0 aliphatic carbocycles. The first kappa shape index (κ1) is 20.7. The highest BCUT2D eigenvalue weighted by molar-refractivity contribution is 6.74. The molecule has 2 fully saturated rings. The molecule has 2 rings (SSSR count). The second kappa shape index (κ2) is 6.24. The molecular formula is C19H37NO4Si. The molecule has 25 heavy (non-hydrogen) atoms. The molecule has 1 amide bonds. The van der Waals surface area contributed by atoms with Crippen molar-refractivity contribution in [3.05, 3.63) is 0 Å². The van der Waals surface area contributed by atoms with Crippen molar-refractivity contribution in [2.75, 3.05) is 13.2 Å². The number of nitrogens with zero attached hydrogens (tertiary/aromatic N) is 1. The standard InChI is InChI=1S/C19H37NO4Si/c1-16(2,3)24-15(22)20-18(13-21)9-11-19(20,12-10-18)14-23-25(7,8)17(4,5)6/h21H,9-14H2,1-8H3. The van der Waals surface area contributed by atoms with Gasteiger partial charge in [0.2, 0.25) is 0 Å². The van der Waals surface area contributed by atoms with Gasteiger partial charge in [-0.05, 0) is 64.6 Å². The van der Waals surface area contributed by atoms with Gasteiger partial charge in [-0.25, -0.2) is 4.79 Å². The van der Waals surface area contributed by atoms with Crippen molar-refractivity contribution in [3.8, 4) is 0 Å². The Morgan fingerprint density at radius 2 is 1.52 bits per heavy atom. The predicted molar refractivity (Wildman–Crippen MR) is 102 cm³/mol. The van der Waals surface area contributed by atoms with Gasteiger partial charge in [-0.2, -0.15) is 0 Å². The zero-order chi connectivity index (χ0) is 19.3. The van der Waals surface area contributed by atoms with E-state index in [1.807, 2.05) is 25.7 Å². The number of amides is 1. The van der Waals surface area contributed by atoms with E-state index < -0.39 is 19.5 Å². The van der Waals surface area contributed by atoms with Crippen molar-refractivity contribution in [1.29, 1.82) is 0 Å². The largest absolute Gasteiger partial charge is 0.444 e. The number of hydrogen-bond acceptors (Lipinski definition) is 4. The van der Waals surface area contributed by atoms with Crippen LogP contribution in [-0.2, 0) is 9.16 Å². The zero-order valence-electron chi connectivity index (χ0n) is 17.4. The second-order valence-corrected chi connectivity index (χ2v) is 15.3. The molecule has 5 nitrogen and oxygen atoms in total. The third-order valence-corrected chi connectivity index (χ3v) is 10.9. The number of hydrogen-bond donors (Lipinski definition) is 1. The fourth-order valence-electron chi connectivity index (χ4n) is 3.79. The van der Waals surface area contributed by atoms with Crippen molar-refractivity contribution in [2.24, 2.45) is 0 Å². The van der Waals surface area contributed by atoms with Gasteiger partial charge in [0.05, 0.1) is 24.3 Å². The molecule has 146 valence electrons. The fraction of sp³-hybridized carbons (Fsp3) is 0.947. The summed E-state index contributed by atoms with van der Waals surface area (Å²) in [4.78, 5) is 14.8. The summed E-state index contributed by atoms with van der Waals surface area (Å²) in [6, 6.07) is 0. The lowest BCUT2D eigenvalue weighted by atomic mass is 9.83. The third kappa shape index (κ3) is 3.76. The SMILES string of the molecule is CC(C)(C)OC(=O)N1C2(CO)CCC1(CO[Si](C)(C)C(C)(C)C)CC2. The van der Waals surface area contributed by atoms with Crippen molar-refractivity contribution < 1.29 is 19.1 Å². The van der Waals surface area contributed by atoms with Crippen LogP contribution in [0.25, 0.3) is 0 Å². The summed E-state index contributed by atoms with van der Waals surface area (Å²) in [5.41, 5.74) is -1.35. The van der Waals surface area contributed by atoms with Crippen LogP contribution in [0.1, 0.15) is 67.2 Å². The first-order valence-electron chi connectivity index (χ1n) is 9.46. The Hall–Kier alpha value is -0.593. The molecule has 2 aliphatic rings. The summed E-state index contributed by atoms with van der Waals surface area (Å²) in [5, 5.41) is 10.2. The van der Waals surface area contributed by atoms with Crippen LogP contribution in [0.4, 0.5) is 4.79 Å². The summed E-state index contributed by atoms with van der Waals surface area (Å²) in [5.74, 6) is 0. The maximum Gasteiger partial charge on any atom is 0.411 e. The Labute approximate surface area is 154 Å². The van der Waals surface area contributed by atoms with E-state index in [0.29, 0.717) is 6.61 Å². The van der Waals surface area contributed by atoms with Crippen LogP contribution in [0.2, 0.25) is 18.1 Å². The number of carbonyl (C=O) groups excluding carboxylic acids is 1. The first-order chi connectivity index (χ1) is 11.2. The number of fused-ring (bicyclic) bond motifs is 2. The van der Waals surface area contributed by atoms with Crippen LogP contribution in [0.5, 0.6) is 0 Å². The van der Waals surface area contributed by atoms with Gasteiger partial charge >= 0.3 is 6.09 Å². The van der Waals surface area contributed by atoms with E-state index in [0.717, 1.165) is 25.7 Å².